The summed E-state index contributed by atoms with van der Waals surface area (Å²) in [5.41, 5.74) is 0.944. The van der Waals surface area contributed by atoms with Crippen LogP contribution in [-0.2, 0) is 0 Å². The van der Waals surface area contributed by atoms with Gasteiger partial charge in [0.2, 0.25) is 0 Å². The molecule has 0 saturated carbocycles. The summed E-state index contributed by atoms with van der Waals surface area (Å²) in [5, 5.41) is 13.2. The van der Waals surface area contributed by atoms with Crippen LogP contribution in [0.25, 0.3) is 0 Å². The third kappa shape index (κ3) is 3.89. The predicted molar refractivity (Wildman–Crippen MR) is 80.0 cm³/mol. The monoisotopic (exact) mass is 290 g/mol. The quantitative estimate of drug-likeness (QED) is 0.839. The van der Waals surface area contributed by atoms with Crippen LogP contribution in [0, 0.1) is 0 Å². The van der Waals surface area contributed by atoms with Crippen molar-refractivity contribution in [1.29, 1.82) is 0 Å². The summed E-state index contributed by atoms with van der Waals surface area (Å²) in [5.74, 6) is 0.353. The van der Waals surface area contributed by atoms with Crippen LogP contribution in [-0.4, -0.2) is 36.2 Å². The number of phenols is 1. The fourth-order valence-corrected chi connectivity index (χ4v) is 2.17. The average Bonchev–Trinajstić information content (AvgIpc) is 2.34. The van der Waals surface area contributed by atoms with Crippen molar-refractivity contribution in [3.8, 4) is 5.75 Å². The number of phenolic OH excluding ortho intramolecular Hbond substituents is 1. The van der Waals surface area contributed by atoms with E-state index in [2.05, 4.69) is 16.8 Å². The minimum atomic E-state index is 0. The van der Waals surface area contributed by atoms with Crippen molar-refractivity contribution in [2.24, 2.45) is 0 Å². The zero-order valence-electron chi connectivity index (χ0n) is 10.2. The maximum Gasteiger partial charge on any atom is 0.120 e. The summed E-state index contributed by atoms with van der Waals surface area (Å²) in [6.45, 7) is 7.86. The first kappa shape index (κ1) is 17.3. The SMILES string of the molecule is C=C[C@@H](c1ccccc1O)N1CCNCC1.Cl.Cl. The molecule has 3 nitrogen and oxygen atoms in total. The summed E-state index contributed by atoms with van der Waals surface area (Å²) in [7, 11) is 0. The molecule has 18 heavy (non-hydrogen) atoms. The fraction of sp³-hybridized carbons (Fsp3) is 0.385. The molecular formula is C13H20Cl2N2O. The van der Waals surface area contributed by atoms with Crippen molar-refractivity contribution in [2.75, 3.05) is 26.2 Å². The Morgan fingerprint density at radius 1 is 1.22 bits per heavy atom. The summed E-state index contributed by atoms with van der Waals surface area (Å²) in [4.78, 5) is 2.33. The number of nitrogens with one attached hydrogen (secondary N) is 1. The van der Waals surface area contributed by atoms with E-state index in [-0.39, 0.29) is 30.9 Å². The van der Waals surface area contributed by atoms with Gasteiger partial charge in [0.05, 0.1) is 6.04 Å². The number of aromatic hydroxyl groups is 1. The first-order valence-electron chi connectivity index (χ1n) is 5.68. The van der Waals surface area contributed by atoms with Crippen molar-refractivity contribution in [3.63, 3.8) is 0 Å². The Morgan fingerprint density at radius 2 is 1.83 bits per heavy atom. The van der Waals surface area contributed by atoms with Gasteiger partial charge in [0.25, 0.3) is 0 Å². The van der Waals surface area contributed by atoms with Crippen molar-refractivity contribution in [1.82, 2.24) is 10.2 Å². The number of hydrogen-bond acceptors (Lipinski definition) is 3. The summed E-state index contributed by atoms with van der Waals surface area (Å²) < 4.78 is 0. The van der Waals surface area contributed by atoms with Crippen LogP contribution in [0.2, 0.25) is 0 Å². The zero-order chi connectivity index (χ0) is 11.4. The van der Waals surface area contributed by atoms with Gasteiger partial charge in [-0.25, -0.2) is 0 Å². The maximum atomic E-state index is 9.85. The second-order valence-electron chi connectivity index (χ2n) is 4.03. The zero-order valence-corrected chi connectivity index (χ0v) is 11.8. The molecule has 0 spiro atoms. The number of rotatable bonds is 3. The molecule has 1 heterocycles. The van der Waals surface area contributed by atoms with Crippen LogP contribution in [0.5, 0.6) is 5.75 Å². The molecule has 0 unspecified atom stereocenters. The summed E-state index contributed by atoms with van der Waals surface area (Å²) in [6, 6.07) is 7.60. The number of benzene rings is 1. The molecule has 0 aliphatic carbocycles. The van der Waals surface area contributed by atoms with E-state index in [4.69, 9.17) is 0 Å². The highest BCUT2D eigenvalue weighted by molar-refractivity contribution is 5.85. The van der Waals surface area contributed by atoms with Crippen LogP contribution < -0.4 is 5.32 Å². The molecule has 0 aromatic heterocycles. The van der Waals surface area contributed by atoms with Gasteiger partial charge in [-0.05, 0) is 6.07 Å². The lowest BCUT2D eigenvalue weighted by Gasteiger charge is -2.33. The van der Waals surface area contributed by atoms with Gasteiger partial charge in [-0.1, -0.05) is 24.3 Å². The molecule has 0 bridgehead atoms. The molecule has 1 fully saturated rings. The third-order valence-corrected chi connectivity index (χ3v) is 3.02. The van der Waals surface area contributed by atoms with Crippen LogP contribution in [0.4, 0.5) is 0 Å². The van der Waals surface area contributed by atoms with E-state index in [0.29, 0.717) is 5.75 Å². The van der Waals surface area contributed by atoms with Gasteiger partial charge in [-0.15, -0.1) is 31.4 Å². The molecule has 1 aliphatic rings. The molecular weight excluding hydrogens is 271 g/mol. The van der Waals surface area contributed by atoms with E-state index < -0.39 is 0 Å². The van der Waals surface area contributed by atoms with E-state index in [1.165, 1.54) is 0 Å². The van der Waals surface area contributed by atoms with E-state index in [0.717, 1.165) is 31.7 Å². The minimum absolute atomic E-state index is 0. The largest absolute Gasteiger partial charge is 0.508 e. The summed E-state index contributed by atoms with van der Waals surface area (Å²) in [6.07, 6.45) is 1.90. The molecule has 1 atom stereocenters. The molecule has 1 saturated heterocycles. The molecule has 5 heteroatoms. The Labute approximate surface area is 121 Å². The number of piperazine rings is 1. The lowest BCUT2D eigenvalue weighted by atomic mass is 10.0. The van der Waals surface area contributed by atoms with Gasteiger partial charge in [-0.2, -0.15) is 0 Å². The highest BCUT2D eigenvalue weighted by Gasteiger charge is 2.21. The molecule has 2 N–H and O–H groups in total. The highest BCUT2D eigenvalue weighted by atomic mass is 35.5. The smallest absolute Gasteiger partial charge is 0.120 e. The topological polar surface area (TPSA) is 35.5 Å². The lowest BCUT2D eigenvalue weighted by molar-refractivity contribution is 0.201. The van der Waals surface area contributed by atoms with Crippen LogP contribution in [0.15, 0.2) is 36.9 Å². The molecule has 1 aliphatic heterocycles. The van der Waals surface area contributed by atoms with Gasteiger partial charge in [-0.3, -0.25) is 4.90 Å². The Morgan fingerprint density at radius 3 is 2.39 bits per heavy atom. The number of halogens is 2. The Bertz CT molecular complexity index is 368. The maximum absolute atomic E-state index is 9.85. The van der Waals surface area contributed by atoms with E-state index in [9.17, 15) is 5.11 Å². The molecule has 2 rings (SSSR count). The Balaban J connectivity index is 0.00000144. The van der Waals surface area contributed by atoms with Crippen LogP contribution in [0.3, 0.4) is 0 Å². The molecule has 102 valence electrons. The van der Waals surface area contributed by atoms with Gasteiger partial charge in [0.15, 0.2) is 0 Å². The third-order valence-electron chi connectivity index (χ3n) is 3.02. The van der Waals surface area contributed by atoms with Crippen molar-refractivity contribution >= 4 is 24.8 Å². The first-order valence-corrected chi connectivity index (χ1v) is 5.68. The number of nitrogens with zero attached hydrogens (tertiary/aromatic N) is 1. The Hall–Kier alpha value is -0.740. The fourth-order valence-electron chi connectivity index (χ4n) is 2.17. The van der Waals surface area contributed by atoms with Crippen molar-refractivity contribution in [3.05, 3.63) is 42.5 Å². The van der Waals surface area contributed by atoms with Crippen LogP contribution in [0.1, 0.15) is 11.6 Å². The van der Waals surface area contributed by atoms with Crippen molar-refractivity contribution < 1.29 is 5.11 Å². The van der Waals surface area contributed by atoms with Gasteiger partial charge < -0.3 is 10.4 Å². The second kappa shape index (κ2) is 8.38. The minimum Gasteiger partial charge on any atom is -0.508 e. The van der Waals surface area contributed by atoms with Gasteiger partial charge in [0.1, 0.15) is 5.75 Å². The van der Waals surface area contributed by atoms with E-state index in [1.54, 1.807) is 6.07 Å². The summed E-state index contributed by atoms with van der Waals surface area (Å²) >= 11 is 0. The highest BCUT2D eigenvalue weighted by Crippen LogP contribution is 2.29. The molecule has 1 aromatic rings. The molecule has 1 aromatic carbocycles. The van der Waals surface area contributed by atoms with Crippen LogP contribution >= 0.6 is 24.8 Å². The van der Waals surface area contributed by atoms with Gasteiger partial charge >= 0.3 is 0 Å². The normalized spacial score (nSPS) is 17.1. The van der Waals surface area contributed by atoms with E-state index >= 15 is 0 Å². The second-order valence-corrected chi connectivity index (χ2v) is 4.03. The number of para-hydroxylation sites is 1. The molecule has 0 radical (unpaired) electrons. The lowest BCUT2D eigenvalue weighted by Crippen LogP contribution is -2.44. The predicted octanol–water partition coefficient (Wildman–Crippen LogP) is 2.37. The molecule has 0 amide bonds. The van der Waals surface area contributed by atoms with Crippen molar-refractivity contribution in [2.45, 2.75) is 6.04 Å². The number of hydrogen-bond donors (Lipinski definition) is 2. The van der Waals surface area contributed by atoms with E-state index in [1.807, 2.05) is 24.3 Å². The standard InChI is InChI=1S/C13H18N2O.2ClH/c1-2-12(15-9-7-14-8-10-15)11-5-3-4-6-13(11)16;;/h2-6,12,14,16H,1,7-10H2;2*1H/t12-;;/m0../s1. The first-order chi connectivity index (χ1) is 7.83. The Kier molecular flexibility index (Phi) is 8.03. The van der Waals surface area contributed by atoms with Gasteiger partial charge in [0, 0.05) is 31.7 Å². The average molecular weight is 291 g/mol.